The van der Waals surface area contributed by atoms with E-state index in [-0.39, 0.29) is 0 Å². The lowest BCUT2D eigenvalue weighted by molar-refractivity contribution is 1.00. The van der Waals surface area contributed by atoms with Crippen LogP contribution in [0.3, 0.4) is 0 Å². The molecule has 6 aromatic carbocycles. The van der Waals surface area contributed by atoms with E-state index in [0.29, 0.717) is 0 Å². The molecule has 0 saturated heterocycles. The fourth-order valence-corrected chi connectivity index (χ4v) is 9.59. The van der Waals surface area contributed by atoms with Gasteiger partial charge in [-0.1, -0.05) is 103 Å². The molecule has 9 rings (SSSR count). The number of allylic oxidation sites excluding steroid dienone is 1. The zero-order valence-electron chi connectivity index (χ0n) is 23.4. The molecule has 0 bridgehead atoms. The lowest BCUT2D eigenvalue weighted by atomic mass is 9.84. The molecule has 2 aromatic heterocycles. The van der Waals surface area contributed by atoms with Crippen molar-refractivity contribution in [3.63, 3.8) is 0 Å². The van der Waals surface area contributed by atoms with Crippen molar-refractivity contribution in [3.05, 3.63) is 143 Å². The average Bonchev–Trinajstić information content (AvgIpc) is 3.60. The van der Waals surface area contributed by atoms with E-state index in [1.54, 1.807) is 0 Å². The Morgan fingerprint density at radius 2 is 1.26 bits per heavy atom. The normalized spacial score (nSPS) is 13.4. The highest BCUT2D eigenvalue weighted by molar-refractivity contribution is 7.26. The van der Waals surface area contributed by atoms with Gasteiger partial charge >= 0.3 is 0 Å². The largest absolute Gasteiger partial charge is 0.135 e. The number of hydrogen-bond acceptors (Lipinski definition) is 2. The number of hydrogen-bond donors (Lipinski definition) is 0. The predicted molar refractivity (Wildman–Crippen MR) is 186 cm³/mol. The van der Waals surface area contributed by atoms with E-state index in [4.69, 9.17) is 0 Å². The van der Waals surface area contributed by atoms with Crippen molar-refractivity contribution in [2.75, 3.05) is 0 Å². The monoisotopic (exact) mass is 572 g/mol. The molecule has 0 aliphatic heterocycles. The van der Waals surface area contributed by atoms with Crippen LogP contribution in [0.15, 0.2) is 109 Å². The quantitative estimate of drug-likeness (QED) is 0.197. The first-order valence-corrected chi connectivity index (χ1v) is 16.4. The van der Waals surface area contributed by atoms with Crippen LogP contribution in [0.25, 0.3) is 62.8 Å². The molecule has 0 spiro atoms. The molecule has 42 heavy (non-hydrogen) atoms. The maximum atomic E-state index is 2.51. The van der Waals surface area contributed by atoms with Crippen LogP contribution in [0.4, 0.5) is 0 Å². The van der Waals surface area contributed by atoms with Crippen LogP contribution >= 0.6 is 22.7 Å². The second-order valence-electron chi connectivity index (χ2n) is 11.7. The topological polar surface area (TPSA) is 0 Å². The van der Waals surface area contributed by atoms with Crippen LogP contribution in [0.1, 0.15) is 39.8 Å². The molecule has 1 aliphatic rings. The number of aryl methyl sites for hydroxylation is 2. The van der Waals surface area contributed by atoms with Crippen molar-refractivity contribution in [1.29, 1.82) is 0 Å². The number of benzene rings is 6. The fraction of sp³-hybridized carbons (Fsp3) is 0.100. The van der Waals surface area contributed by atoms with Gasteiger partial charge in [-0.25, -0.2) is 0 Å². The van der Waals surface area contributed by atoms with E-state index in [1.807, 2.05) is 22.7 Å². The molecule has 0 saturated carbocycles. The van der Waals surface area contributed by atoms with Crippen molar-refractivity contribution >= 4 is 85.4 Å². The first kappa shape index (κ1) is 24.4. The van der Waals surface area contributed by atoms with Crippen molar-refractivity contribution < 1.29 is 0 Å². The van der Waals surface area contributed by atoms with Gasteiger partial charge in [-0.3, -0.25) is 0 Å². The average molecular weight is 573 g/mol. The Bertz CT molecular complexity index is 2400. The van der Waals surface area contributed by atoms with Gasteiger partial charge in [-0.05, 0) is 88.0 Å². The highest BCUT2D eigenvalue weighted by Gasteiger charge is 2.19. The predicted octanol–water partition coefficient (Wildman–Crippen LogP) is 12.0. The molecule has 0 unspecified atom stereocenters. The van der Waals surface area contributed by atoms with Gasteiger partial charge in [0.25, 0.3) is 0 Å². The van der Waals surface area contributed by atoms with E-state index < -0.39 is 0 Å². The summed E-state index contributed by atoms with van der Waals surface area (Å²) in [6, 6.07) is 40.9. The summed E-state index contributed by atoms with van der Waals surface area (Å²) in [6.07, 6.45) is 5.63. The zero-order valence-corrected chi connectivity index (χ0v) is 25.0. The highest BCUT2D eigenvalue weighted by atomic mass is 32.1. The second kappa shape index (κ2) is 9.39. The Labute approximate surface area is 253 Å². The smallest absolute Gasteiger partial charge is 0.0430 e. The summed E-state index contributed by atoms with van der Waals surface area (Å²) < 4.78 is 5.58. The van der Waals surface area contributed by atoms with Gasteiger partial charge in [0, 0.05) is 40.3 Å². The summed E-state index contributed by atoms with van der Waals surface area (Å²) in [5.74, 6) is 0. The molecule has 200 valence electrons. The summed E-state index contributed by atoms with van der Waals surface area (Å²) >= 11 is 3.86. The summed E-state index contributed by atoms with van der Waals surface area (Å²) in [6.45, 7) is 2.28. The zero-order chi connectivity index (χ0) is 27.8. The van der Waals surface area contributed by atoms with Crippen molar-refractivity contribution in [2.24, 2.45) is 0 Å². The van der Waals surface area contributed by atoms with Crippen LogP contribution in [-0.4, -0.2) is 0 Å². The minimum Gasteiger partial charge on any atom is -0.135 e. The van der Waals surface area contributed by atoms with Gasteiger partial charge in [-0.15, -0.1) is 22.7 Å². The molecular formula is C40H28S2. The second-order valence-corrected chi connectivity index (χ2v) is 13.8. The molecule has 0 nitrogen and oxygen atoms in total. The van der Waals surface area contributed by atoms with E-state index >= 15 is 0 Å². The lowest BCUT2D eigenvalue weighted by Gasteiger charge is -2.21. The van der Waals surface area contributed by atoms with Gasteiger partial charge in [0.05, 0.1) is 0 Å². The number of rotatable bonds is 3. The molecule has 0 amide bonds. The number of fused-ring (bicyclic) bond motifs is 9. The third kappa shape index (κ3) is 3.72. The van der Waals surface area contributed by atoms with Crippen LogP contribution < -0.4 is 0 Å². The van der Waals surface area contributed by atoms with E-state index in [9.17, 15) is 0 Å². The Morgan fingerprint density at radius 3 is 2.07 bits per heavy atom. The molecule has 0 N–H and O–H groups in total. The van der Waals surface area contributed by atoms with Crippen LogP contribution in [0.5, 0.6) is 0 Å². The lowest BCUT2D eigenvalue weighted by Crippen LogP contribution is -2.02. The maximum Gasteiger partial charge on any atom is 0.0430 e. The molecule has 8 aromatic rings. The van der Waals surface area contributed by atoms with Gasteiger partial charge in [-0.2, -0.15) is 0 Å². The summed E-state index contributed by atoms with van der Waals surface area (Å²) in [5.41, 5.74) is 9.94. The summed E-state index contributed by atoms with van der Waals surface area (Å²) in [5, 5.41) is 8.27. The maximum absolute atomic E-state index is 2.51. The SMILES string of the molecule is Cc1cc2c(c3cc(Cc4cccc5c4sc4ccccc45)ccc13)C=C(c1cccc3c1sc1ccccc13)CC2. The molecule has 1 aliphatic carbocycles. The Morgan fingerprint density at radius 1 is 0.571 bits per heavy atom. The minimum absolute atomic E-state index is 0.945. The minimum atomic E-state index is 0.945. The first-order valence-electron chi connectivity index (χ1n) is 14.8. The van der Waals surface area contributed by atoms with Gasteiger partial charge in [0.15, 0.2) is 0 Å². The molecular weight excluding hydrogens is 545 g/mol. The standard InChI is InChI=1S/C40H28S2/c1-24-20-26-17-18-27(30-11-7-13-34-32-10-3-5-15-38(32)42-40(30)34)23-35(26)36-22-25(16-19-29(24)36)21-28-8-6-12-33-31-9-2-4-14-37(31)41-39(28)33/h2-16,19-20,22-23H,17-18,21H2,1H3. The van der Waals surface area contributed by atoms with Crippen LogP contribution in [0.2, 0.25) is 0 Å². The molecule has 0 radical (unpaired) electrons. The molecule has 2 heteroatoms. The highest BCUT2D eigenvalue weighted by Crippen LogP contribution is 2.43. The Balaban J connectivity index is 1.19. The van der Waals surface area contributed by atoms with Crippen molar-refractivity contribution in [3.8, 4) is 0 Å². The van der Waals surface area contributed by atoms with E-state index in [2.05, 4.69) is 122 Å². The summed E-state index contributed by atoms with van der Waals surface area (Å²) in [4.78, 5) is 0. The fourth-order valence-electron chi connectivity index (χ4n) is 7.13. The summed E-state index contributed by atoms with van der Waals surface area (Å²) in [7, 11) is 0. The first-order chi connectivity index (χ1) is 20.7. The molecule has 0 atom stereocenters. The van der Waals surface area contributed by atoms with E-state index in [0.717, 1.165) is 19.3 Å². The van der Waals surface area contributed by atoms with E-state index in [1.165, 1.54) is 90.1 Å². The van der Waals surface area contributed by atoms with Crippen molar-refractivity contribution in [2.45, 2.75) is 26.2 Å². The van der Waals surface area contributed by atoms with Gasteiger partial charge < -0.3 is 0 Å². The molecule has 0 fully saturated rings. The third-order valence-electron chi connectivity index (χ3n) is 9.15. The molecule has 2 heterocycles. The Kier molecular flexibility index (Phi) is 5.45. The number of thiophene rings is 2. The van der Waals surface area contributed by atoms with Crippen molar-refractivity contribution in [1.82, 2.24) is 0 Å². The van der Waals surface area contributed by atoms with Crippen LogP contribution in [0, 0.1) is 6.92 Å². The Hall–Kier alpha value is -4.24. The van der Waals surface area contributed by atoms with Gasteiger partial charge in [0.2, 0.25) is 0 Å². The van der Waals surface area contributed by atoms with Crippen LogP contribution in [-0.2, 0) is 12.8 Å². The van der Waals surface area contributed by atoms with Gasteiger partial charge in [0.1, 0.15) is 0 Å². The third-order valence-corrected chi connectivity index (χ3v) is 11.6.